The second-order valence-corrected chi connectivity index (χ2v) is 6.39. The van der Waals surface area contributed by atoms with E-state index in [4.69, 9.17) is 5.11 Å². The molecule has 0 aromatic carbocycles. The van der Waals surface area contributed by atoms with Gasteiger partial charge in [-0.25, -0.2) is 0 Å². The first-order chi connectivity index (χ1) is 9.54. The van der Waals surface area contributed by atoms with E-state index in [1.54, 1.807) is 0 Å². The molecule has 2 fully saturated rings. The number of likely N-dealkylation sites (tertiary alicyclic amines) is 1. The smallest absolute Gasteiger partial charge is 0.306 e. The monoisotopic (exact) mass is 284 g/mol. The number of nitrogens with one attached hydrogen (secondary N) is 1. The molecule has 0 aromatic rings. The van der Waals surface area contributed by atoms with Crippen molar-refractivity contribution < 1.29 is 15.0 Å². The van der Waals surface area contributed by atoms with Crippen LogP contribution in [0.15, 0.2) is 0 Å². The number of hydrogen-bond donors (Lipinski definition) is 3. The molecule has 1 saturated heterocycles. The van der Waals surface area contributed by atoms with Crippen LogP contribution < -0.4 is 5.32 Å². The van der Waals surface area contributed by atoms with Crippen molar-refractivity contribution in [2.45, 2.75) is 57.1 Å². The van der Waals surface area contributed by atoms with E-state index in [0.717, 1.165) is 13.1 Å². The minimum atomic E-state index is -0.718. The average molecular weight is 284 g/mol. The maximum atomic E-state index is 10.9. The summed E-state index contributed by atoms with van der Waals surface area (Å²) in [7, 11) is 0. The first-order valence-electron chi connectivity index (χ1n) is 7.94. The molecule has 0 aromatic heterocycles. The number of hydrogen-bond acceptors (Lipinski definition) is 4. The maximum Gasteiger partial charge on any atom is 0.306 e. The van der Waals surface area contributed by atoms with Gasteiger partial charge in [-0.2, -0.15) is 0 Å². The van der Waals surface area contributed by atoms with Crippen LogP contribution in [-0.2, 0) is 4.79 Å². The highest BCUT2D eigenvalue weighted by atomic mass is 16.4. The molecule has 1 aliphatic carbocycles. The highest BCUT2D eigenvalue weighted by Crippen LogP contribution is 2.31. The number of carboxylic acid groups (broad SMARTS) is 1. The lowest BCUT2D eigenvalue weighted by Gasteiger charge is -2.35. The zero-order valence-corrected chi connectivity index (χ0v) is 12.5. The van der Waals surface area contributed by atoms with Crippen molar-refractivity contribution in [2.75, 3.05) is 26.2 Å². The second kappa shape index (κ2) is 6.87. The van der Waals surface area contributed by atoms with Crippen LogP contribution in [0, 0.1) is 5.92 Å². The molecule has 1 aliphatic heterocycles. The molecule has 116 valence electrons. The third-order valence-corrected chi connectivity index (χ3v) is 5.00. The van der Waals surface area contributed by atoms with Gasteiger partial charge in [-0.05, 0) is 51.6 Å². The predicted octanol–water partition coefficient (Wildman–Crippen LogP) is 1.07. The number of aliphatic hydroxyl groups is 1. The van der Waals surface area contributed by atoms with Gasteiger partial charge in [0.15, 0.2) is 0 Å². The lowest BCUT2D eigenvalue weighted by molar-refractivity contribution is -0.144. The van der Waals surface area contributed by atoms with Gasteiger partial charge in [0.25, 0.3) is 0 Å². The summed E-state index contributed by atoms with van der Waals surface area (Å²) in [5, 5.41) is 22.9. The Kier molecular flexibility index (Phi) is 5.41. The zero-order chi connectivity index (χ0) is 14.6. The highest BCUT2D eigenvalue weighted by Gasteiger charge is 2.35. The summed E-state index contributed by atoms with van der Waals surface area (Å²) in [6, 6.07) is 0.596. The van der Waals surface area contributed by atoms with E-state index < -0.39 is 11.6 Å². The van der Waals surface area contributed by atoms with E-state index in [1.165, 1.54) is 19.4 Å². The van der Waals surface area contributed by atoms with Gasteiger partial charge in [0.2, 0.25) is 0 Å². The molecular formula is C15H28N2O3. The minimum absolute atomic E-state index is 0.263. The lowest BCUT2D eigenvalue weighted by atomic mass is 9.79. The Morgan fingerprint density at radius 2 is 2.05 bits per heavy atom. The molecule has 2 aliphatic rings. The molecule has 5 heteroatoms. The summed E-state index contributed by atoms with van der Waals surface area (Å²) >= 11 is 0. The van der Waals surface area contributed by atoms with Gasteiger partial charge in [-0.1, -0.05) is 6.92 Å². The second-order valence-electron chi connectivity index (χ2n) is 6.39. The Bertz CT molecular complexity index is 327. The number of aliphatic carboxylic acids is 1. The Balaban J connectivity index is 1.70. The van der Waals surface area contributed by atoms with Crippen LogP contribution in [0.2, 0.25) is 0 Å². The maximum absolute atomic E-state index is 10.9. The van der Waals surface area contributed by atoms with Gasteiger partial charge >= 0.3 is 5.97 Å². The molecule has 0 spiro atoms. The number of carbonyl (C=O) groups is 1. The quantitative estimate of drug-likeness (QED) is 0.680. The number of nitrogens with zero attached hydrogens (tertiary/aromatic N) is 1. The molecular weight excluding hydrogens is 256 g/mol. The Hall–Kier alpha value is -0.650. The molecule has 2 rings (SSSR count). The summed E-state index contributed by atoms with van der Waals surface area (Å²) in [6.07, 6.45) is 4.89. The van der Waals surface area contributed by atoms with Gasteiger partial charge in [-0.3, -0.25) is 9.69 Å². The van der Waals surface area contributed by atoms with Crippen molar-refractivity contribution in [3.63, 3.8) is 0 Å². The highest BCUT2D eigenvalue weighted by molar-refractivity contribution is 5.70. The Labute approximate surface area is 121 Å². The Morgan fingerprint density at radius 1 is 1.35 bits per heavy atom. The van der Waals surface area contributed by atoms with Crippen molar-refractivity contribution in [3.8, 4) is 0 Å². The van der Waals surface area contributed by atoms with E-state index in [-0.39, 0.29) is 5.92 Å². The fourth-order valence-electron chi connectivity index (χ4n) is 3.59. The SMILES string of the molecule is CCN1CCCC1CNCC1(O)CCC(C(=O)O)CC1. The molecule has 20 heavy (non-hydrogen) atoms. The molecule has 0 bridgehead atoms. The third-order valence-electron chi connectivity index (χ3n) is 5.00. The van der Waals surface area contributed by atoms with Crippen LogP contribution >= 0.6 is 0 Å². The van der Waals surface area contributed by atoms with Crippen LogP contribution in [0.4, 0.5) is 0 Å². The molecule has 0 radical (unpaired) electrons. The first kappa shape index (κ1) is 15.7. The molecule has 0 amide bonds. The molecule has 1 saturated carbocycles. The first-order valence-corrected chi connectivity index (χ1v) is 7.94. The normalized spacial score (nSPS) is 35.3. The molecule has 1 unspecified atom stereocenters. The van der Waals surface area contributed by atoms with Crippen molar-refractivity contribution >= 4 is 5.97 Å². The van der Waals surface area contributed by atoms with Gasteiger partial charge in [0.1, 0.15) is 0 Å². The fraction of sp³-hybridized carbons (Fsp3) is 0.933. The van der Waals surface area contributed by atoms with E-state index >= 15 is 0 Å². The zero-order valence-electron chi connectivity index (χ0n) is 12.5. The molecule has 1 heterocycles. The van der Waals surface area contributed by atoms with E-state index in [1.807, 2.05) is 0 Å². The number of likely N-dealkylation sites (N-methyl/N-ethyl adjacent to an activating group) is 1. The van der Waals surface area contributed by atoms with Crippen molar-refractivity contribution in [3.05, 3.63) is 0 Å². The summed E-state index contributed by atoms with van der Waals surface area (Å²) in [5.74, 6) is -0.981. The Morgan fingerprint density at radius 3 is 2.65 bits per heavy atom. The minimum Gasteiger partial charge on any atom is -0.481 e. The molecule has 1 atom stereocenters. The standard InChI is InChI=1S/C15H28N2O3/c1-2-17-9-3-4-13(17)10-16-11-15(20)7-5-12(6-8-15)14(18)19/h12-13,16,20H,2-11H2,1H3,(H,18,19). The summed E-state index contributed by atoms with van der Waals surface area (Å²) in [6.45, 7) is 6.00. The van der Waals surface area contributed by atoms with Crippen LogP contribution in [0.5, 0.6) is 0 Å². The van der Waals surface area contributed by atoms with Gasteiger partial charge < -0.3 is 15.5 Å². The van der Waals surface area contributed by atoms with Crippen molar-refractivity contribution in [1.82, 2.24) is 10.2 Å². The van der Waals surface area contributed by atoms with E-state index in [0.29, 0.717) is 38.3 Å². The van der Waals surface area contributed by atoms with E-state index in [9.17, 15) is 9.90 Å². The average Bonchev–Trinajstić information content (AvgIpc) is 2.86. The van der Waals surface area contributed by atoms with E-state index in [2.05, 4.69) is 17.1 Å². The summed E-state index contributed by atoms with van der Waals surface area (Å²) in [4.78, 5) is 13.4. The molecule has 5 nitrogen and oxygen atoms in total. The molecule has 3 N–H and O–H groups in total. The predicted molar refractivity (Wildman–Crippen MR) is 77.7 cm³/mol. The summed E-state index contributed by atoms with van der Waals surface area (Å²) < 4.78 is 0. The van der Waals surface area contributed by atoms with Crippen LogP contribution in [0.3, 0.4) is 0 Å². The van der Waals surface area contributed by atoms with Crippen molar-refractivity contribution in [2.24, 2.45) is 5.92 Å². The van der Waals surface area contributed by atoms with Crippen LogP contribution in [0.1, 0.15) is 45.4 Å². The van der Waals surface area contributed by atoms with Crippen molar-refractivity contribution in [1.29, 1.82) is 0 Å². The van der Waals surface area contributed by atoms with Gasteiger partial charge in [0, 0.05) is 19.1 Å². The topological polar surface area (TPSA) is 72.8 Å². The fourth-order valence-corrected chi connectivity index (χ4v) is 3.59. The largest absolute Gasteiger partial charge is 0.481 e. The summed E-state index contributed by atoms with van der Waals surface area (Å²) in [5.41, 5.74) is -0.707. The third kappa shape index (κ3) is 3.93. The number of carboxylic acids is 1. The number of rotatable bonds is 6. The van der Waals surface area contributed by atoms with Gasteiger partial charge in [-0.15, -0.1) is 0 Å². The van der Waals surface area contributed by atoms with Crippen LogP contribution in [-0.4, -0.2) is 58.9 Å². The van der Waals surface area contributed by atoms with Gasteiger partial charge in [0.05, 0.1) is 11.5 Å². The lowest BCUT2D eigenvalue weighted by Crippen LogP contribution is -2.47. The van der Waals surface area contributed by atoms with Crippen LogP contribution in [0.25, 0.3) is 0 Å².